The van der Waals surface area contributed by atoms with Gasteiger partial charge in [0.25, 0.3) is 0 Å². The summed E-state index contributed by atoms with van der Waals surface area (Å²) in [4.78, 5) is 21.7. The van der Waals surface area contributed by atoms with Crippen LogP contribution in [-0.2, 0) is 4.74 Å². The number of aliphatic hydroxyl groups excluding tert-OH is 3. The van der Waals surface area contributed by atoms with Crippen molar-refractivity contribution in [2.75, 3.05) is 13.7 Å². The molecule has 2 aromatic heterocycles. The van der Waals surface area contributed by atoms with Gasteiger partial charge < -0.3 is 24.8 Å². The second kappa shape index (κ2) is 5.07. The summed E-state index contributed by atoms with van der Waals surface area (Å²) in [6.45, 7) is -0.442. The van der Waals surface area contributed by atoms with Crippen molar-refractivity contribution in [2.45, 2.75) is 24.5 Å². The van der Waals surface area contributed by atoms with E-state index in [4.69, 9.17) is 14.6 Å². The number of hydrogen-bond acceptors (Lipinski definition) is 8. The Labute approximate surface area is 117 Å². The van der Waals surface area contributed by atoms with E-state index in [-0.39, 0.29) is 17.0 Å². The Bertz CT molecular complexity index is 712. The molecule has 0 aliphatic carbocycles. The van der Waals surface area contributed by atoms with Crippen LogP contribution in [0, 0.1) is 0 Å². The lowest BCUT2D eigenvalue weighted by Crippen LogP contribution is -2.33. The number of H-pyrrole nitrogens is 1. The maximum Gasteiger partial charge on any atom is 0.349 e. The molecular weight excluding hydrogens is 284 g/mol. The van der Waals surface area contributed by atoms with Gasteiger partial charge in [0.2, 0.25) is 5.88 Å². The minimum Gasteiger partial charge on any atom is -0.479 e. The van der Waals surface area contributed by atoms with E-state index in [1.54, 1.807) is 0 Å². The highest BCUT2D eigenvalue weighted by Gasteiger charge is 2.44. The lowest BCUT2D eigenvalue weighted by atomic mass is 10.1. The molecule has 0 radical (unpaired) electrons. The summed E-state index contributed by atoms with van der Waals surface area (Å²) in [5.41, 5.74) is -0.121. The molecule has 114 valence electrons. The predicted molar refractivity (Wildman–Crippen MR) is 67.7 cm³/mol. The molecule has 1 aliphatic heterocycles. The average molecular weight is 298 g/mol. The lowest BCUT2D eigenvalue weighted by Gasteiger charge is -2.16. The van der Waals surface area contributed by atoms with E-state index >= 15 is 0 Å². The van der Waals surface area contributed by atoms with Gasteiger partial charge in [-0.3, -0.25) is 9.55 Å². The molecule has 21 heavy (non-hydrogen) atoms. The van der Waals surface area contributed by atoms with Gasteiger partial charge in [0.05, 0.1) is 20.0 Å². The molecule has 4 N–H and O–H groups in total. The smallest absolute Gasteiger partial charge is 0.349 e. The van der Waals surface area contributed by atoms with Gasteiger partial charge in [0.1, 0.15) is 24.0 Å². The molecule has 1 aliphatic rings. The van der Waals surface area contributed by atoms with Crippen molar-refractivity contribution in [3.63, 3.8) is 0 Å². The molecule has 1 fully saturated rings. The van der Waals surface area contributed by atoms with Crippen LogP contribution in [0.3, 0.4) is 0 Å². The number of aliphatic hydroxyl groups is 3. The number of imidazole rings is 1. The normalized spacial score (nSPS) is 29.1. The van der Waals surface area contributed by atoms with Gasteiger partial charge in [-0.05, 0) is 0 Å². The van der Waals surface area contributed by atoms with Gasteiger partial charge in [0, 0.05) is 0 Å². The summed E-state index contributed by atoms with van der Waals surface area (Å²) < 4.78 is 11.7. The van der Waals surface area contributed by atoms with E-state index in [0.29, 0.717) is 0 Å². The quantitative estimate of drug-likeness (QED) is 0.497. The number of methoxy groups -OCH3 is 1. The maximum atomic E-state index is 11.5. The van der Waals surface area contributed by atoms with Crippen molar-refractivity contribution in [2.24, 2.45) is 0 Å². The molecule has 0 unspecified atom stereocenters. The first kappa shape index (κ1) is 13.9. The summed E-state index contributed by atoms with van der Waals surface area (Å²) in [6.07, 6.45) is -3.11. The monoisotopic (exact) mass is 298 g/mol. The average Bonchev–Trinajstić information content (AvgIpc) is 3.01. The third-order valence-electron chi connectivity index (χ3n) is 3.41. The van der Waals surface area contributed by atoms with E-state index in [2.05, 4.69) is 15.0 Å². The van der Waals surface area contributed by atoms with Crippen LogP contribution in [0.5, 0.6) is 5.88 Å². The number of aromatic nitrogens is 4. The van der Waals surface area contributed by atoms with E-state index in [0.717, 1.165) is 0 Å². The van der Waals surface area contributed by atoms with Crippen LogP contribution in [0.2, 0.25) is 0 Å². The number of rotatable bonds is 3. The summed E-state index contributed by atoms with van der Waals surface area (Å²) in [5.74, 6) is 0.0410. The largest absolute Gasteiger partial charge is 0.479 e. The second-order valence-corrected chi connectivity index (χ2v) is 4.63. The SMILES string of the molecule is COc1nc(=O)[nH]c2c1ncn2[C@@H]1O[C@H](CO)[C@@H](O)[C@@H]1O. The summed E-state index contributed by atoms with van der Waals surface area (Å²) in [5, 5.41) is 28.9. The lowest BCUT2D eigenvalue weighted by molar-refractivity contribution is -0.0511. The van der Waals surface area contributed by atoms with Crippen LogP contribution in [0.4, 0.5) is 0 Å². The maximum absolute atomic E-state index is 11.5. The first-order valence-corrected chi connectivity index (χ1v) is 6.20. The van der Waals surface area contributed by atoms with Crippen molar-refractivity contribution in [3.05, 3.63) is 16.8 Å². The van der Waals surface area contributed by atoms with Gasteiger partial charge in [-0.15, -0.1) is 0 Å². The molecule has 1 saturated heterocycles. The molecule has 0 aromatic carbocycles. The fourth-order valence-electron chi connectivity index (χ4n) is 2.36. The Balaban J connectivity index is 2.10. The summed E-state index contributed by atoms with van der Waals surface area (Å²) in [6, 6.07) is 0. The van der Waals surface area contributed by atoms with E-state index in [1.165, 1.54) is 18.0 Å². The van der Waals surface area contributed by atoms with Gasteiger partial charge in [-0.1, -0.05) is 0 Å². The summed E-state index contributed by atoms with van der Waals surface area (Å²) >= 11 is 0. The summed E-state index contributed by atoms with van der Waals surface area (Å²) in [7, 11) is 1.35. The van der Waals surface area contributed by atoms with E-state index in [1.807, 2.05) is 0 Å². The fourth-order valence-corrected chi connectivity index (χ4v) is 2.36. The van der Waals surface area contributed by atoms with Crippen molar-refractivity contribution in [1.29, 1.82) is 0 Å². The number of ether oxygens (including phenoxy) is 2. The van der Waals surface area contributed by atoms with Gasteiger partial charge >= 0.3 is 5.69 Å². The van der Waals surface area contributed by atoms with Gasteiger partial charge in [-0.25, -0.2) is 9.78 Å². The Morgan fingerprint density at radius 3 is 2.86 bits per heavy atom. The van der Waals surface area contributed by atoms with E-state index < -0.39 is 36.8 Å². The highest BCUT2D eigenvalue weighted by atomic mass is 16.6. The van der Waals surface area contributed by atoms with Crippen molar-refractivity contribution >= 4 is 11.2 Å². The second-order valence-electron chi connectivity index (χ2n) is 4.63. The van der Waals surface area contributed by atoms with Crippen LogP contribution in [0.1, 0.15) is 6.23 Å². The molecule has 2 aromatic rings. The zero-order valence-electron chi connectivity index (χ0n) is 11.0. The zero-order chi connectivity index (χ0) is 15.1. The van der Waals surface area contributed by atoms with Gasteiger partial charge in [-0.2, -0.15) is 4.98 Å². The van der Waals surface area contributed by atoms with Crippen LogP contribution in [0.15, 0.2) is 11.1 Å². The third kappa shape index (κ3) is 2.08. The van der Waals surface area contributed by atoms with Crippen molar-refractivity contribution in [1.82, 2.24) is 19.5 Å². The highest BCUT2D eigenvalue weighted by Crippen LogP contribution is 2.31. The van der Waals surface area contributed by atoms with Crippen LogP contribution < -0.4 is 10.4 Å². The van der Waals surface area contributed by atoms with Gasteiger partial charge in [0.15, 0.2) is 11.7 Å². The molecule has 0 amide bonds. The van der Waals surface area contributed by atoms with Crippen LogP contribution in [0.25, 0.3) is 11.2 Å². The minimum absolute atomic E-state index is 0.0410. The van der Waals surface area contributed by atoms with Crippen molar-refractivity contribution in [3.8, 4) is 5.88 Å². The Kier molecular flexibility index (Phi) is 3.37. The molecule has 10 nitrogen and oxygen atoms in total. The van der Waals surface area contributed by atoms with Crippen molar-refractivity contribution < 1.29 is 24.8 Å². The standard InChI is InChI=1S/C11H14N4O6/c1-20-9-5-8(13-11(19)14-9)15(3-12-5)10-7(18)6(17)4(2-16)21-10/h3-4,6-7,10,16-18H,2H2,1H3,(H,13,14,19)/t4-,6-,7+,10-/m1/s1. The van der Waals surface area contributed by atoms with Crippen LogP contribution in [-0.4, -0.2) is 66.9 Å². The number of hydrogen-bond donors (Lipinski definition) is 4. The minimum atomic E-state index is -1.28. The zero-order valence-corrected chi connectivity index (χ0v) is 11.0. The predicted octanol–water partition coefficient (Wildman–Crippen LogP) is -2.26. The topological polar surface area (TPSA) is 143 Å². The Morgan fingerprint density at radius 1 is 1.48 bits per heavy atom. The number of fused-ring (bicyclic) bond motifs is 1. The number of aromatic amines is 1. The molecule has 10 heteroatoms. The highest BCUT2D eigenvalue weighted by molar-refractivity contribution is 5.75. The Hall–Kier alpha value is -2.01. The molecule has 0 saturated carbocycles. The number of nitrogens with one attached hydrogen (secondary N) is 1. The third-order valence-corrected chi connectivity index (χ3v) is 3.41. The molecule has 3 heterocycles. The first-order valence-electron chi connectivity index (χ1n) is 6.20. The first-order chi connectivity index (χ1) is 10.1. The molecule has 3 rings (SSSR count). The Morgan fingerprint density at radius 2 is 2.24 bits per heavy atom. The molecular formula is C11H14N4O6. The fraction of sp³-hybridized carbons (Fsp3) is 0.545. The number of nitrogens with zero attached hydrogens (tertiary/aromatic N) is 3. The molecule has 0 spiro atoms. The molecule has 0 bridgehead atoms. The van der Waals surface area contributed by atoms with Crippen LogP contribution >= 0.6 is 0 Å². The molecule has 4 atom stereocenters. The van der Waals surface area contributed by atoms with E-state index in [9.17, 15) is 15.0 Å².